The van der Waals surface area contributed by atoms with Crippen molar-refractivity contribution in [2.45, 2.75) is 36.6 Å². The highest BCUT2D eigenvalue weighted by atomic mass is 31.2. The Kier molecular flexibility index (Phi) is 8.34. The average Bonchev–Trinajstić information content (AvgIpc) is 2.39. The molecule has 10 N–H and O–H groups in total. The van der Waals surface area contributed by atoms with Gasteiger partial charge in [0, 0.05) is 0 Å². The summed E-state index contributed by atoms with van der Waals surface area (Å²) in [5.41, 5.74) is 0. The molecule has 28 heavy (non-hydrogen) atoms. The molecule has 0 radical (unpaired) electrons. The SMILES string of the molecule is O=P(O)(O)OC1C(O)C(OP(=O)(O)O)[C@@H](OP(=O)(O)O)C(O)C1OP(=O)(O)O. The van der Waals surface area contributed by atoms with Gasteiger partial charge in [-0.1, -0.05) is 0 Å². The summed E-state index contributed by atoms with van der Waals surface area (Å²) in [6.07, 6.45) is -15.9. The van der Waals surface area contributed by atoms with Crippen LogP contribution in [0.3, 0.4) is 0 Å². The van der Waals surface area contributed by atoms with Gasteiger partial charge < -0.3 is 49.4 Å². The number of rotatable bonds is 8. The largest absolute Gasteiger partial charge is 0.470 e. The van der Waals surface area contributed by atoms with E-state index in [1.807, 2.05) is 0 Å². The Morgan fingerprint density at radius 1 is 0.429 bits per heavy atom. The second kappa shape index (κ2) is 8.85. The van der Waals surface area contributed by atoms with Gasteiger partial charge in [-0.05, 0) is 0 Å². The van der Waals surface area contributed by atoms with E-state index in [0.29, 0.717) is 0 Å². The molecule has 0 aromatic heterocycles. The van der Waals surface area contributed by atoms with E-state index >= 15 is 0 Å². The summed E-state index contributed by atoms with van der Waals surface area (Å²) < 4.78 is 60.4. The standard InChI is InChI=1S/C6H16O18P4/c7-1-3(21-25(9,10)11)5(23-27(15,16)17)2(8)6(24-28(18,19)20)4(1)22-26(12,13)14/h1-8H,(H2,9,10,11)(H2,12,13,14)(H2,15,16,17)(H2,18,19,20)/t1?,2?,3-,4?,5?,6?/m0/s1. The molecule has 6 atom stereocenters. The van der Waals surface area contributed by atoms with Gasteiger partial charge in [0.1, 0.15) is 36.6 Å². The van der Waals surface area contributed by atoms with E-state index in [9.17, 15) is 28.5 Å². The molecule has 1 fully saturated rings. The van der Waals surface area contributed by atoms with Gasteiger partial charge in [0.25, 0.3) is 0 Å². The second-order valence-electron chi connectivity index (χ2n) is 5.22. The van der Waals surface area contributed by atoms with Crippen LogP contribution in [-0.4, -0.2) is 86.0 Å². The zero-order valence-corrected chi connectivity index (χ0v) is 16.6. The van der Waals surface area contributed by atoms with Crippen molar-refractivity contribution in [1.82, 2.24) is 0 Å². The molecule has 0 heterocycles. The minimum Gasteiger partial charge on any atom is -0.387 e. The van der Waals surface area contributed by atoms with Crippen LogP contribution in [0.25, 0.3) is 0 Å². The van der Waals surface area contributed by atoms with Crippen molar-refractivity contribution in [3.05, 3.63) is 0 Å². The maximum absolute atomic E-state index is 11.0. The number of aliphatic hydroxyl groups excluding tert-OH is 2. The summed E-state index contributed by atoms with van der Waals surface area (Å²) in [4.78, 5) is 70.9. The Morgan fingerprint density at radius 3 is 0.679 bits per heavy atom. The quantitative estimate of drug-likeness (QED) is 0.145. The van der Waals surface area contributed by atoms with Crippen LogP contribution in [0.2, 0.25) is 0 Å². The third-order valence-corrected chi connectivity index (χ3v) is 5.10. The van der Waals surface area contributed by atoms with E-state index in [2.05, 4.69) is 18.1 Å². The van der Waals surface area contributed by atoms with E-state index in [4.69, 9.17) is 39.1 Å². The normalized spacial score (nSPS) is 33.1. The number of hydrogen-bond acceptors (Lipinski definition) is 10. The average molecular weight is 500 g/mol. The van der Waals surface area contributed by atoms with Gasteiger partial charge in [-0.15, -0.1) is 0 Å². The summed E-state index contributed by atoms with van der Waals surface area (Å²) in [5, 5.41) is 20.2. The van der Waals surface area contributed by atoms with Crippen molar-refractivity contribution in [2.75, 3.05) is 0 Å². The molecule has 0 saturated heterocycles. The van der Waals surface area contributed by atoms with Gasteiger partial charge in [-0.25, -0.2) is 18.3 Å². The minimum absolute atomic E-state index is 2.61. The van der Waals surface area contributed by atoms with Gasteiger partial charge in [0.2, 0.25) is 0 Å². The first-order chi connectivity index (χ1) is 12.2. The van der Waals surface area contributed by atoms with E-state index in [-0.39, 0.29) is 0 Å². The maximum Gasteiger partial charge on any atom is 0.470 e. The third kappa shape index (κ3) is 8.62. The van der Waals surface area contributed by atoms with Gasteiger partial charge >= 0.3 is 31.3 Å². The molecule has 0 amide bonds. The van der Waals surface area contributed by atoms with Crippen LogP contribution >= 0.6 is 31.3 Å². The lowest BCUT2D eigenvalue weighted by atomic mass is 9.85. The molecule has 1 saturated carbocycles. The molecule has 1 rings (SSSR count). The summed E-state index contributed by atoms with van der Waals surface area (Å²) in [7, 11) is -22.3. The zero-order valence-electron chi connectivity index (χ0n) is 13.0. The molecule has 0 aromatic rings. The fourth-order valence-electron chi connectivity index (χ4n) is 2.27. The summed E-state index contributed by atoms with van der Waals surface area (Å²) in [6, 6.07) is 0. The molecule has 1 aliphatic carbocycles. The van der Waals surface area contributed by atoms with Gasteiger partial charge in [0.05, 0.1) is 0 Å². The monoisotopic (exact) mass is 500 g/mol. The first-order valence-electron chi connectivity index (χ1n) is 6.52. The molecule has 0 bridgehead atoms. The Bertz CT molecular complexity index is 604. The Labute approximate surface area is 154 Å². The number of phosphoric acid groups is 4. The van der Waals surface area contributed by atoms with E-state index < -0.39 is 67.9 Å². The molecular formula is C6H16O18P4. The van der Waals surface area contributed by atoms with E-state index in [1.165, 1.54) is 0 Å². The molecule has 5 unspecified atom stereocenters. The molecule has 1 aliphatic rings. The predicted molar refractivity (Wildman–Crippen MR) is 79.7 cm³/mol. The maximum atomic E-state index is 11.0. The smallest absolute Gasteiger partial charge is 0.387 e. The van der Waals surface area contributed by atoms with Crippen LogP contribution in [0.5, 0.6) is 0 Å². The molecule has 18 nitrogen and oxygen atoms in total. The fourth-order valence-corrected chi connectivity index (χ4v) is 4.52. The third-order valence-electron chi connectivity index (χ3n) is 3.03. The van der Waals surface area contributed by atoms with Gasteiger partial charge in [-0.3, -0.25) is 18.1 Å². The highest BCUT2D eigenvalue weighted by Gasteiger charge is 2.58. The zero-order chi connectivity index (χ0) is 22.3. The first-order valence-corrected chi connectivity index (χ1v) is 12.6. The van der Waals surface area contributed by atoms with Crippen LogP contribution in [0.1, 0.15) is 0 Å². The first kappa shape index (κ1) is 26.4. The number of aliphatic hydroxyl groups is 2. The van der Waals surface area contributed by atoms with Crippen LogP contribution in [-0.2, 0) is 36.4 Å². The van der Waals surface area contributed by atoms with Crippen LogP contribution in [0.15, 0.2) is 0 Å². The highest BCUT2D eigenvalue weighted by Crippen LogP contribution is 2.51. The van der Waals surface area contributed by atoms with Crippen molar-refractivity contribution >= 4 is 31.3 Å². The second-order valence-corrected chi connectivity index (χ2v) is 9.99. The summed E-state index contributed by atoms with van der Waals surface area (Å²) in [5.74, 6) is 0. The summed E-state index contributed by atoms with van der Waals surface area (Å²) >= 11 is 0. The Morgan fingerprint density at radius 2 is 0.571 bits per heavy atom. The van der Waals surface area contributed by atoms with Crippen LogP contribution in [0, 0.1) is 0 Å². The number of hydrogen-bond donors (Lipinski definition) is 10. The van der Waals surface area contributed by atoms with Crippen molar-refractivity contribution in [3.63, 3.8) is 0 Å². The minimum atomic E-state index is -5.59. The molecule has 0 aromatic carbocycles. The predicted octanol–water partition coefficient (Wildman–Crippen LogP) is -3.37. The van der Waals surface area contributed by atoms with Crippen molar-refractivity contribution in [2.24, 2.45) is 0 Å². The summed E-state index contributed by atoms with van der Waals surface area (Å²) in [6.45, 7) is 0. The van der Waals surface area contributed by atoms with E-state index in [0.717, 1.165) is 0 Å². The fraction of sp³-hybridized carbons (Fsp3) is 1.00. The lowest BCUT2D eigenvalue weighted by molar-refractivity contribution is -0.208. The Hall–Kier alpha value is 0.360. The number of phosphoric ester groups is 4. The molecule has 0 aliphatic heterocycles. The lowest BCUT2D eigenvalue weighted by Crippen LogP contribution is -2.65. The molecule has 168 valence electrons. The molecule has 22 heteroatoms. The topological polar surface area (TPSA) is 308 Å². The van der Waals surface area contributed by atoms with Crippen molar-refractivity contribution < 1.29 is 85.7 Å². The van der Waals surface area contributed by atoms with E-state index in [1.54, 1.807) is 0 Å². The van der Waals surface area contributed by atoms with Crippen molar-refractivity contribution in [1.29, 1.82) is 0 Å². The van der Waals surface area contributed by atoms with Crippen LogP contribution in [0.4, 0.5) is 0 Å². The molecular weight excluding hydrogens is 484 g/mol. The lowest BCUT2D eigenvalue weighted by Gasteiger charge is -2.45. The molecule has 0 spiro atoms. The van der Waals surface area contributed by atoms with Crippen LogP contribution < -0.4 is 0 Å². The van der Waals surface area contributed by atoms with Gasteiger partial charge in [0.15, 0.2) is 0 Å². The Balaban J connectivity index is 3.47. The van der Waals surface area contributed by atoms with Crippen molar-refractivity contribution in [3.8, 4) is 0 Å². The van der Waals surface area contributed by atoms with Gasteiger partial charge in [-0.2, -0.15) is 0 Å². The highest BCUT2D eigenvalue weighted by molar-refractivity contribution is 7.47.